The molecule has 1 aromatic carbocycles. The fourth-order valence-corrected chi connectivity index (χ4v) is 3.15. The number of nitrogens with one attached hydrogen (secondary N) is 1. The van der Waals surface area contributed by atoms with Gasteiger partial charge in [0.15, 0.2) is 0 Å². The molecule has 4 heteroatoms. The first-order valence-electron chi connectivity index (χ1n) is 6.54. The zero-order valence-corrected chi connectivity index (χ0v) is 12.4. The maximum atomic E-state index is 13.1. The molecule has 0 aliphatic rings. The van der Waals surface area contributed by atoms with Crippen LogP contribution in [0.1, 0.15) is 40.5 Å². The van der Waals surface area contributed by atoms with Crippen molar-refractivity contribution in [1.29, 1.82) is 0 Å². The van der Waals surface area contributed by atoms with E-state index in [-0.39, 0.29) is 11.9 Å². The van der Waals surface area contributed by atoms with Crippen LogP contribution in [0.15, 0.2) is 24.3 Å². The van der Waals surface area contributed by atoms with Gasteiger partial charge in [0.2, 0.25) is 0 Å². The lowest BCUT2D eigenvalue weighted by molar-refractivity contribution is 0.596. The van der Waals surface area contributed by atoms with Crippen molar-refractivity contribution in [2.45, 2.75) is 33.2 Å². The maximum absolute atomic E-state index is 13.1. The van der Waals surface area contributed by atoms with Gasteiger partial charge in [-0.3, -0.25) is 0 Å². The second-order valence-electron chi connectivity index (χ2n) is 4.62. The quantitative estimate of drug-likeness (QED) is 0.894. The summed E-state index contributed by atoms with van der Waals surface area (Å²) >= 11 is 1.70. The van der Waals surface area contributed by atoms with E-state index < -0.39 is 0 Å². The Hall–Kier alpha value is -1.26. The Morgan fingerprint density at radius 2 is 1.95 bits per heavy atom. The van der Waals surface area contributed by atoms with E-state index in [1.165, 1.54) is 17.0 Å². The van der Waals surface area contributed by atoms with E-state index in [0.717, 1.165) is 29.2 Å². The van der Waals surface area contributed by atoms with Crippen LogP contribution in [0.3, 0.4) is 0 Å². The second kappa shape index (κ2) is 6.26. The van der Waals surface area contributed by atoms with Crippen molar-refractivity contribution in [3.05, 3.63) is 51.2 Å². The van der Waals surface area contributed by atoms with Gasteiger partial charge in [-0.15, -0.1) is 11.3 Å². The van der Waals surface area contributed by atoms with Gasteiger partial charge in [0.05, 0.1) is 16.7 Å². The van der Waals surface area contributed by atoms with Gasteiger partial charge in [0, 0.05) is 4.88 Å². The van der Waals surface area contributed by atoms with E-state index in [2.05, 4.69) is 17.2 Å². The summed E-state index contributed by atoms with van der Waals surface area (Å²) in [6, 6.07) is 6.82. The molecule has 0 radical (unpaired) electrons. The van der Waals surface area contributed by atoms with Crippen LogP contribution < -0.4 is 5.32 Å². The molecule has 0 spiro atoms. The second-order valence-corrected chi connectivity index (χ2v) is 5.86. The summed E-state index contributed by atoms with van der Waals surface area (Å²) in [5, 5.41) is 4.59. The Morgan fingerprint density at radius 3 is 2.47 bits per heavy atom. The number of halogens is 1. The zero-order chi connectivity index (χ0) is 13.8. The lowest BCUT2D eigenvalue weighted by Crippen LogP contribution is -2.23. The molecule has 19 heavy (non-hydrogen) atoms. The Labute approximate surface area is 117 Å². The third kappa shape index (κ3) is 3.39. The number of aromatic nitrogens is 1. The number of nitrogens with zero attached hydrogens (tertiary/aromatic N) is 1. The van der Waals surface area contributed by atoms with E-state index in [1.807, 2.05) is 26.0 Å². The Morgan fingerprint density at radius 1 is 1.26 bits per heavy atom. The summed E-state index contributed by atoms with van der Waals surface area (Å²) in [7, 11) is 0. The number of aryl methyl sites for hydroxylation is 2. The molecule has 1 atom stereocenters. The van der Waals surface area contributed by atoms with E-state index in [9.17, 15) is 4.39 Å². The first-order valence-corrected chi connectivity index (χ1v) is 7.36. The molecule has 2 rings (SSSR count). The molecule has 1 heterocycles. The van der Waals surface area contributed by atoms with Crippen molar-refractivity contribution in [3.63, 3.8) is 0 Å². The van der Waals surface area contributed by atoms with Crippen LogP contribution in [0.5, 0.6) is 0 Å². The van der Waals surface area contributed by atoms with Crippen LogP contribution in [-0.2, 0) is 0 Å². The third-order valence-corrected chi connectivity index (χ3v) is 4.14. The normalized spacial score (nSPS) is 12.6. The molecule has 1 aromatic heterocycles. The SMILES string of the molecule is CCCNC(c1ccc(F)cc1)c1sc(C)nc1C. The monoisotopic (exact) mass is 278 g/mol. The van der Waals surface area contributed by atoms with Crippen LogP contribution >= 0.6 is 11.3 Å². The van der Waals surface area contributed by atoms with Crippen molar-refractivity contribution in [1.82, 2.24) is 10.3 Å². The fraction of sp³-hybridized carbons (Fsp3) is 0.400. The highest BCUT2D eigenvalue weighted by molar-refractivity contribution is 7.11. The molecule has 1 N–H and O–H groups in total. The predicted octanol–water partition coefficient (Wildman–Crippen LogP) is 3.99. The van der Waals surface area contributed by atoms with Crippen molar-refractivity contribution in [3.8, 4) is 0 Å². The number of rotatable bonds is 5. The van der Waals surface area contributed by atoms with Crippen molar-refractivity contribution >= 4 is 11.3 Å². The largest absolute Gasteiger partial charge is 0.306 e. The molecular formula is C15H19FN2S. The highest BCUT2D eigenvalue weighted by Crippen LogP contribution is 2.30. The Balaban J connectivity index is 2.35. The van der Waals surface area contributed by atoms with Crippen molar-refractivity contribution in [2.75, 3.05) is 6.54 Å². The molecule has 0 amide bonds. The minimum absolute atomic E-state index is 0.103. The molecule has 0 saturated heterocycles. The number of hydrogen-bond acceptors (Lipinski definition) is 3. The van der Waals surface area contributed by atoms with Gasteiger partial charge in [-0.2, -0.15) is 0 Å². The lowest BCUT2D eigenvalue weighted by Gasteiger charge is -2.18. The lowest BCUT2D eigenvalue weighted by atomic mass is 10.0. The zero-order valence-electron chi connectivity index (χ0n) is 11.5. The van der Waals surface area contributed by atoms with Crippen LogP contribution in [-0.4, -0.2) is 11.5 Å². The highest BCUT2D eigenvalue weighted by atomic mass is 32.1. The molecule has 2 nitrogen and oxygen atoms in total. The summed E-state index contributed by atoms with van der Waals surface area (Å²) in [5.41, 5.74) is 2.14. The molecule has 0 fully saturated rings. The van der Waals surface area contributed by atoms with Gasteiger partial charge in [0.1, 0.15) is 5.82 Å². The van der Waals surface area contributed by atoms with Gasteiger partial charge in [-0.1, -0.05) is 19.1 Å². The molecule has 2 aromatic rings. The smallest absolute Gasteiger partial charge is 0.123 e. The van der Waals surface area contributed by atoms with E-state index in [4.69, 9.17) is 0 Å². The average molecular weight is 278 g/mol. The number of benzene rings is 1. The summed E-state index contributed by atoms with van der Waals surface area (Å²) in [4.78, 5) is 5.71. The molecule has 0 bridgehead atoms. The van der Waals surface area contributed by atoms with Gasteiger partial charge in [-0.05, 0) is 44.5 Å². The standard InChI is InChI=1S/C15H19FN2S/c1-4-9-17-14(12-5-7-13(16)8-6-12)15-10(2)18-11(3)19-15/h5-8,14,17H,4,9H2,1-3H3. The van der Waals surface area contributed by atoms with Crippen LogP contribution in [0.25, 0.3) is 0 Å². The fourth-order valence-electron chi connectivity index (χ4n) is 2.12. The Kier molecular flexibility index (Phi) is 4.66. The third-order valence-electron chi connectivity index (χ3n) is 3.00. The van der Waals surface area contributed by atoms with Gasteiger partial charge in [0.25, 0.3) is 0 Å². The number of thiazole rings is 1. The summed E-state index contributed by atoms with van der Waals surface area (Å²) in [6.07, 6.45) is 1.06. The van der Waals surface area contributed by atoms with Crippen molar-refractivity contribution < 1.29 is 4.39 Å². The molecule has 102 valence electrons. The first-order chi connectivity index (χ1) is 9.11. The van der Waals surface area contributed by atoms with Gasteiger partial charge in [-0.25, -0.2) is 9.37 Å². The maximum Gasteiger partial charge on any atom is 0.123 e. The first kappa shape index (κ1) is 14.2. The van der Waals surface area contributed by atoms with Crippen LogP contribution in [0, 0.1) is 19.7 Å². The molecule has 0 aliphatic carbocycles. The minimum Gasteiger partial charge on any atom is -0.306 e. The molecular weight excluding hydrogens is 259 g/mol. The van der Waals surface area contributed by atoms with Gasteiger partial charge < -0.3 is 5.32 Å². The van der Waals surface area contributed by atoms with Crippen LogP contribution in [0.4, 0.5) is 4.39 Å². The highest BCUT2D eigenvalue weighted by Gasteiger charge is 2.18. The Bertz CT molecular complexity index is 534. The molecule has 0 aliphatic heterocycles. The van der Waals surface area contributed by atoms with Gasteiger partial charge >= 0.3 is 0 Å². The average Bonchev–Trinajstić information content (AvgIpc) is 2.71. The topological polar surface area (TPSA) is 24.9 Å². The summed E-state index contributed by atoms with van der Waals surface area (Å²) in [6.45, 7) is 7.11. The molecule has 1 unspecified atom stereocenters. The van der Waals surface area contributed by atoms with Crippen molar-refractivity contribution in [2.24, 2.45) is 0 Å². The summed E-state index contributed by atoms with van der Waals surface area (Å²) < 4.78 is 13.1. The van der Waals surface area contributed by atoms with E-state index in [0.29, 0.717) is 0 Å². The molecule has 0 saturated carbocycles. The van der Waals surface area contributed by atoms with E-state index >= 15 is 0 Å². The van der Waals surface area contributed by atoms with Crippen LogP contribution in [0.2, 0.25) is 0 Å². The minimum atomic E-state index is -0.199. The predicted molar refractivity (Wildman–Crippen MR) is 78.1 cm³/mol. The summed E-state index contributed by atoms with van der Waals surface area (Å²) in [5.74, 6) is -0.199. The number of hydrogen-bond donors (Lipinski definition) is 1. The van der Waals surface area contributed by atoms with E-state index in [1.54, 1.807) is 11.3 Å².